The van der Waals surface area contributed by atoms with Crippen molar-refractivity contribution < 1.29 is 5.11 Å². The average Bonchev–Trinajstić information content (AvgIpc) is 2.64. The van der Waals surface area contributed by atoms with Crippen molar-refractivity contribution in [2.45, 2.75) is 37.8 Å². The number of fused-ring (bicyclic) bond motifs is 4. The molecule has 4 rings (SSSR count). The van der Waals surface area contributed by atoms with Crippen LogP contribution in [0.5, 0.6) is 5.75 Å². The number of hydrogen-bond acceptors (Lipinski definition) is 2. The van der Waals surface area contributed by atoms with Crippen LogP contribution in [0.4, 0.5) is 0 Å². The molecule has 1 N–H and O–H groups in total. The van der Waals surface area contributed by atoms with Gasteiger partial charge in [0.1, 0.15) is 5.75 Å². The summed E-state index contributed by atoms with van der Waals surface area (Å²) in [6.07, 6.45) is 3.34. The van der Waals surface area contributed by atoms with Gasteiger partial charge in [-0.3, -0.25) is 4.90 Å². The summed E-state index contributed by atoms with van der Waals surface area (Å²) >= 11 is 6.11. The molecule has 0 saturated carbocycles. The van der Waals surface area contributed by atoms with E-state index in [1.807, 2.05) is 12.1 Å². The van der Waals surface area contributed by atoms with E-state index in [0.29, 0.717) is 17.0 Å². The first-order chi connectivity index (χ1) is 10.6. The lowest BCUT2D eigenvalue weighted by atomic mass is 9.76. The lowest BCUT2D eigenvalue weighted by Gasteiger charge is -2.37. The minimum atomic E-state index is 0.200. The number of likely N-dealkylation sites (N-methyl/N-ethyl adjacent to an activating group) is 1. The van der Waals surface area contributed by atoms with Gasteiger partial charge in [0.2, 0.25) is 0 Å². The Labute approximate surface area is 136 Å². The van der Waals surface area contributed by atoms with Crippen molar-refractivity contribution in [3.8, 4) is 5.75 Å². The average molecular weight is 314 g/mol. The van der Waals surface area contributed by atoms with Gasteiger partial charge in [0.25, 0.3) is 0 Å². The summed E-state index contributed by atoms with van der Waals surface area (Å²) in [5.74, 6) is 0.697. The summed E-state index contributed by atoms with van der Waals surface area (Å²) in [5, 5.41) is 10.4. The normalized spacial score (nSPS) is 24.1. The zero-order valence-corrected chi connectivity index (χ0v) is 13.5. The standard InChI is InChI=1S/C19H20ClNO/c1-21-11-14-9-17(20)19(22)10-13(14)8-16-15-5-3-2-4-12(15)6-7-18(16)21/h2-5,9-10,16,18,22H,6-8,11H2,1H3/t16-,18-/m0/s1. The highest BCUT2D eigenvalue weighted by Crippen LogP contribution is 2.41. The van der Waals surface area contributed by atoms with E-state index in [2.05, 4.69) is 36.2 Å². The number of phenolic OH excluding ortho intramolecular Hbond substituents is 1. The fraction of sp³-hybridized carbons (Fsp3) is 0.368. The van der Waals surface area contributed by atoms with Gasteiger partial charge in [0, 0.05) is 18.5 Å². The number of benzene rings is 2. The van der Waals surface area contributed by atoms with E-state index >= 15 is 0 Å². The van der Waals surface area contributed by atoms with Gasteiger partial charge in [-0.25, -0.2) is 0 Å². The van der Waals surface area contributed by atoms with Crippen LogP contribution in [0.3, 0.4) is 0 Å². The molecule has 1 aliphatic heterocycles. The summed E-state index contributed by atoms with van der Waals surface area (Å²) < 4.78 is 0. The molecular weight excluding hydrogens is 294 g/mol. The Kier molecular flexibility index (Phi) is 3.39. The number of aromatic hydroxyl groups is 1. The minimum absolute atomic E-state index is 0.200. The Morgan fingerprint density at radius 3 is 2.82 bits per heavy atom. The SMILES string of the molecule is CN1Cc2cc(Cl)c(O)cc2C[C@H]2c3ccccc3CC[C@@H]21. The van der Waals surface area contributed by atoms with E-state index in [1.165, 1.54) is 28.7 Å². The van der Waals surface area contributed by atoms with Gasteiger partial charge in [-0.1, -0.05) is 35.9 Å². The second kappa shape index (κ2) is 5.29. The summed E-state index contributed by atoms with van der Waals surface area (Å²) in [5.41, 5.74) is 5.45. The quantitative estimate of drug-likeness (QED) is 0.790. The van der Waals surface area contributed by atoms with E-state index in [0.717, 1.165) is 19.4 Å². The van der Waals surface area contributed by atoms with Gasteiger partial charge >= 0.3 is 0 Å². The lowest BCUT2D eigenvalue weighted by Crippen LogP contribution is -2.38. The van der Waals surface area contributed by atoms with Gasteiger partial charge in [0.15, 0.2) is 0 Å². The third-order valence-electron chi connectivity index (χ3n) is 5.32. The minimum Gasteiger partial charge on any atom is -0.506 e. The van der Waals surface area contributed by atoms with E-state index in [4.69, 9.17) is 11.6 Å². The first-order valence-corrected chi connectivity index (χ1v) is 8.29. The molecule has 2 aromatic carbocycles. The molecule has 0 spiro atoms. The molecule has 3 heteroatoms. The molecule has 22 heavy (non-hydrogen) atoms. The van der Waals surface area contributed by atoms with E-state index in [-0.39, 0.29) is 5.75 Å². The number of rotatable bonds is 0. The number of nitrogens with zero attached hydrogens (tertiary/aromatic N) is 1. The molecule has 114 valence electrons. The van der Waals surface area contributed by atoms with E-state index in [1.54, 1.807) is 0 Å². The molecular formula is C19H20ClNO. The molecule has 0 saturated heterocycles. The van der Waals surface area contributed by atoms with Crippen LogP contribution in [0.25, 0.3) is 0 Å². The van der Waals surface area contributed by atoms with E-state index < -0.39 is 0 Å². The Morgan fingerprint density at radius 1 is 1.14 bits per heavy atom. The van der Waals surface area contributed by atoms with Crippen LogP contribution in [0.1, 0.15) is 34.6 Å². The highest BCUT2D eigenvalue weighted by Gasteiger charge is 2.35. The Morgan fingerprint density at radius 2 is 1.95 bits per heavy atom. The summed E-state index contributed by atoms with van der Waals surface area (Å²) in [6.45, 7) is 0.901. The van der Waals surface area contributed by atoms with Crippen molar-refractivity contribution in [3.05, 3.63) is 63.7 Å². The monoisotopic (exact) mass is 313 g/mol. The molecule has 0 bridgehead atoms. The molecule has 2 atom stereocenters. The third-order valence-corrected chi connectivity index (χ3v) is 5.63. The van der Waals surface area contributed by atoms with Crippen LogP contribution in [0.2, 0.25) is 5.02 Å². The maximum absolute atomic E-state index is 9.98. The lowest BCUT2D eigenvalue weighted by molar-refractivity contribution is 0.190. The second-order valence-corrected chi connectivity index (χ2v) is 7.01. The van der Waals surface area contributed by atoms with Crippen molar-refractivity contribution in [2.24, 2.45) is 0 Å². The van der Waals surface area contributed by atoms with Gasteiger partial charge in [-0.15, -0.1) is 0 Å². The number of halogens is 1. The molecule has 2 aromatic rings. The highest BCUT2D eigenvalue weighted by atomic mass is 35.5. The molecule has 1 heterocycles. The topological polar surface area (TPSA) is 23.5 Å². The smallest absolute Gasteiger partial charge is 0.134 e. The molecule has 2 nitrogen and oxygen atoms in total. The van der Waals surface area contributed by atoms with Crippen LogP contribution in [0.15, 0.2) is 36.4 Å². The molecule has 1 aliphatic carbocycles. The summed E-state index contributed by atoms with van der Waals surface area (Å²) in [4.78, 5) is 2.46. The van der Waals surface area contributed by atoms with Gasteiger partial charge < -0.3 is 5.11 Å². The summed E-state index contributed by atoms with van der Waals surface area (Å²) in [7, 11) is 2.21. The second-order valence-electron chi connectivity index (χ2n) is 6.60. The highest BCUT2D eigenvalue weighted by molar-refractivity contribution is 6.32. The fourth-order valence-corrected chi connectivity index (χ4v) is 4.40. The molecule has 0 fully saturated rings. The third kappa shape index (κ3) is 2.22. The Balaban J connectivity index is 1.82. The maximum Gasteiger partial charge on any atom is 0.134 e. The van der Waals surface area contributed by atoms with Gasteiger partial charge in [0.05, 0.1) is 5.02 Å². The predicted molar refractivity (Wildman–Crippen MR) is 89.6 cm³/mol. The number of aryl methyl sites for hydroxylation is 1. The van der Waals surface area contributed by atoms with Crippen molar-refractivity contribution in [3.63, 3.8) is 0 Å². The number of phenols is 1. The predicted octanol–water partition coefficient (Wildman–Crippen LogP) is 4.13. The molecule has 0 aromatic heterocycles. The van der Waals surface area contributed by atoms with Crippen LogP contribution < -0.4 is 0 Å². The fourth-order valence-electron chi connectivity index (χ4n) is 4.22. The van der Waals surface area contributed by atoms with Crippen molar-refractivity contribution >= 4 is 11.6 Å². The summed E-state index contributed by atoms with van der Waals surface area (Å²) in [6, 6.07) is 13.2. The van der Waals surface area contributed by atoms with Crippen molar-refractivity contribution in [1.82, 2.24) is 4.90 Å². The largest absolute Gasteiger partial charge is 0.506 e. The Bertz CT molecular complexity index is 727. The molecule has 0 unspecified atom stereocenters. The molecule has 0 radical (unpaired) electrons. The molecule has 2 aliphatic rings. The first kappa shape index (κ1) is 14.1. The van der Waals surface area contributed by atoms with Crippen molar-refractivity contribution in [1.29, 1.82) is 0 Å². The van der Waals surface area contributed by atoms with Gasteiger partial charge in [-0.05, 0) is 60.7 Å². The number of hydrogen-bond donors (Lipinski definition) is 1. The molecule has 0 amide bonds. The zero-order chi connectivity index (χ0) is 15.3. The van der Waals surface area contributed by atoms with Crippen LogP contribution in [-0.2, 0) is 19.4 Å². The van der Waals surface area contributed by atoms with Gasteiger partial charge in [-0.2, -0.15) is 0 Å². The zero-order valence-electron chi connectivity index (χ0n) is 12.7. The van der Waals surface area contributed by atoms with E-state index in [9.17, 15) is 5.11 Å². The first-order valence-electron chi connectivity index (χ1n) is 7.92. The van der Waals surface area contributed by atoms with Crippen molar-refractivity contribution in [2.75, 3.05) is 7.05 Å². The van der Waals surface area contributed by atoms with Crippen LogP contribution in [0, 0.1) is 0 Å². The Hall–Kier alpha value is -1.51. The van der Waals surface area contributed by atoms with Crippen LogP contribution >= 0.6 is 11.6 Å². The maximum atomic E-state index is 9.98. The van der Waals surface area contributed by atoms with Crippen LogP contribution in [-0.4, -0.2) is 23.1 Å².